The van der Waals surface area contributed by atoms with Crippen molar-refractivity contribution in [3.8, 4) is 0 Å². The van der Waals surface area contributed by atoms with Gasteiger partial charge in [0.25, 0.3) is 0 Å². The van der Waals surface area contributed by atoms with Crippen LogP contribution in [0.25, 0.3) is 0 Å². The molecule has 0 aromatic rings. The van der Waals surface area contributed by atoms with Crippen LogP contribution in [-0.2, 0) is 4.74 Å². The number of nitrogens with zero attached hydrogens (tertiary/aromatic N) is 2. The van der Waals surface area contributed by atoms with E-state index in [0.717, 1.165) is 12.8 Å². The van der Waals surface area contributed by atoms with Gasteiger partial charge in [-0.3, -0.25) is 0 Å². The van der Waals surface area contributed by atoms with Crippen LogP contribution in [0.4, 0.5) is 0 Å². The van der Waals surface area contributed by atoms with Crippen molar-refractivity contribution in [2.45, 2.75) is 44.6 Å². The third-order valence-corrected chi connectivity index (χ3v) is 2.12. The van der Waals surface area contributed by atoms with Crippen LogP contribution < -0.4 is 0 Å². The molecule has 0 aromatic heterocycles. The van der Waals surface area contributed by atoms with Gasteiger partial charge in [-0.25, -0.2) is 0 Å². The zero-order valence-electron chi connectivity index (χ0n) is 6.37. The first kappa shape index (κ1) is 6.28. The minimum absolute atomic E-state index is 0.0609. The largest absolute Gasteiger partial charge is 0.369 e. The van der Waals surface area contributed by atoms with Gasteiger partial charge < -0.3 is 4.74 Å². The molecule has 56 valence electrons. The van der Waals surface area contributed by atoms with Gasteiger partial charge in [-0.2, -0.15) is 10.2 Å². The summed E-state index contributed by atoms with van der Waals surface area (Å²) in [5.41, 5.74) is -0.0609. The summed E-state index contributed by atoms with van der Waals surface area (Å²) in [6, 6.07) is 0. The van der Waals surface area contributed by atoms with Crippen LogP contribution in [0.2, 0.25) is 0 Å². The van der Waals surface area contributed by atoms with E-state index in [4.69, 9.17) is 4.74 Å². The smallest absolute Gasteiger partial charge is 0.190 e. The highest BCUT2D eigenvalue weighted by Crippen LogP contribution is 2.40. The van der Waals surface area contributed by atoms with E-state index in [1.807, 2.05) is 6.92 Å². The minimum atomic E-state index is -0.0609. The Balaban J connectivity index is 1.74. The zero-order valence-corrected chi connectivity index (χ0v) is 6.37. The van der Waals surface area contributed by atoms with Gasteiger partial charge in [-0.1, -0.05) is 6.92 Å². The van der Waals surface area contributed by atoms with E-state index in [1.54, 1.807) is 0 Å². The molecule has 1 fully saturated rings. The highest BCUT2D eigenvalue weighted by Gasteiger charge is 2.46. The van der Waals surface area contributed by atoms with E-state index in [2.05, 4.69) is 17.2 Å². The first-order valence-corrected chi connectivity index (χ1v) is 3.83. The third-order valence-electron chi connectivity index (χ3n) is 2.12. The quantitative estimate of drug-likeness (QED) is 0.550. The first-order chi connectivity index (χ1) is 4.73. The van der Waals surface area contributed by atoms with Gasteiger partial charge in [-0.15, -0.1) is 0 Å². The van der Waals surface area contributed by atoms with Gasteiger partial charge in [0, 0.05) is 6.42 Å². The fourth-order valence-electron chi connectivity index (χ4n) is 1.27. The number of epoxide rings is 1. The Kier molecular flexibility index (Phi) is 1.12. The molecule has 0 aliphatic carbocycles. The van der Waals surface area contributed by atoms with Crippen molar-refractivity contribution in [3.05, 3.63) is 0 Å². The van der Waals surface area contributed by atoms with Gasteiger partial charge in [0.15, 0.2) is 5.66 Å². The van der Waals surface area contributed by atoms with Crippen LogP contribution in [-0.4, -0.2) is 17.9 Å². The molecule has 0 bridgehead atoms. The summed E-state index contributed by atoms with van der Waals surface area (Å²) in [5.74, 6) is 0. The molecule has 10 heavy (non-hydrogen) atoms. The maximum absolute atomic E-state index is 5.36. The van der Waals surface area contributed by atoms with Gasteiger partial charge in [0.1, 0.15) is 0 Å². The Bertz CT molecular complexity index is 172. The summed E-state index contributed by atoms with van der Waals surface area (Å²) in [6.07, 6.45) is 3.07. The zero-order chi connectivity index (χ0) is 7.19. The fourth-order valence-corrected chi connectivity index (χ4v) is 1.27. The number of hydrogen-bond donors (Lipinski definition) is 0. The Hall–Kier alpha value is -0.440. The maximum Gasteiger partial charge on any atom is 0.190 e. The lowest BCUT2D eigenvalue weighted by atomic mass is 10.1. The second kappa shape index (κ2) is 1.78. The van der Waals surface area contributed by atoms with Crippen LogP contribution in [0.1, 0.15) is 26.7 Å². The third kappa shape index (κ3) is 1.06. The summed E-state index contributed by atoms with van der Waals surface area (Å²) in [7, 11) is 0. The molecular weight excluding hydrogens is 128 g/mol. The molecule has 0 N–H and O–H groups in total. The standard InChI is InChI=1S/C7H12N2O/c1-3-5-6(10-5)4-7(2)8-9-7/h5-6H,3-4H2,1-2H3. The van der Waals surface area contributed by atoms with Crippen molar-refractivity contribution >= 4 is 0 Å². The molecule has 0 saturated carbocycles. The second-order valence-electron chi connectivity index (χ2n) is 3.24. The average molecular weight is 140 g/mol. The molecule has 0 spiro atoms. The van der Waals surface area contributed by atoms with Crippen molar-refractivity contribution in [2.75, 3.05) is 0 Å². The summed E-state index contributed by atoms with van der Waals surface area (Å²) >= 11 is 0. The van der Waals surface area contributed by atoms with E-state index in [9.17, 15) is 0 Å². The molecule has 2 aliphatic heterocycles. The molecule has 2 heterocycles. The molecule has 0 aromatic carbocycles. The number of rotatable bonds is 3. The second-order valence-corrected chi connectivity index (χ2v) is 3.24. The summed E-state index contributed by atoms with van der Waals surface area (Å²) in [4.78, 5) is 0. The van der Waals surface area contributed by atoms with Crippen LogP contribution in [0.15, 0.2) is 10.2 Å². The summed E-state index contributed by atoms with van der Waals surface area (Å²) < 4.78 is 5.36. The van der Waals surface area contributed by atoms with Crippen molar-refractivity contribution in [1.29, 1.82) is 0 Å². The highest BCUT2D eigenvalue weighted by molar-refractivity contribution is 4.97. The predicted molar refractivity (Wildman–Crippen MR) is 36.8 cm³/mol. The van der Waals surface area contributed by atoms with E-state index in [-0.39, 0.29) is 5.66 Å². The van der Waals surface area contributed by atoms with Gasteiger partial charge in [-0.05, 0) is 13.3 Å². The van der Waals surface area contributed by atoms with E-state index >= 15 is 0 Å². The number of ether oxygens (including phenoxy) is 1. The monoisotopic (exact) mass is 140 g/mol. The average Bonchev–Trinajstić information content (AvgIpc) is 2.74. The van der Waals surface area contributed by atoms with Crippen molar-refractivity contribution < 1.29 is 4.74 Å². The van der Waals surface area contributed by atoms with Crippen molar-refractivity contribution in [1.82, 2.24) is 0 Å². The molecule has 0 radical (unpaired) electrons. The van der Waals surface area contributed by atoms with E-state index < -0.39 is 0 Å². The topological polar surface area (TPSA) is 37.2 Å². The van der Waals surface area contributed by atoms with E-state index in [1.165, 1.54) is 0 Å². The Labute approximate surface area is 60.5 Å². The Morgan fingerprint density at radius 2 is 2.10 bits per heavy atom. The molecule has 3 nitrogen and oxygen atoms in total. The summed E-state index contributed by atoms with van der Waals surface area (Å²) in [6.45, 7) is 4.19. The van der Waals surface area contributed by atoms with Crippen LogP contribution in [0.3, 0.4) is 0 Å². The molecule has 3 heteroatoms. The Morgan fingerprint density at radius 1 is 1.40 bits per heavy atom. The number of hydrogen-bond acceptors (Lipinski definition) is 3. The lowest BCUT2D eigenvalue weighted by Gasteiger charge is -1.96. The van der Waals surface area contributed by atoms with Gasteiger partial charge in [0.2, 0.25) is 0 Å². The van der Waals surface area contributed by atoms with Gasteiger partial charge in [0.05, 0.1) is 12.2 Å². The maximum atomic E-state index is 5.36. The normalized spacial score (nSPS) is 39.8. The van der Waals surface area contributed by atoms with Crippen LogP contribution in [0.5, 0.6) is 0 Å². The molecule has 2 aliphatic rings. The molecule has 1 saturated heterocycles. The van der Waals surface area contributed by atoms with Crippen molar-refractivity contribution in [3.63, 3.8) is 0 Å². The molecule has 2 atom stereocenters. The summed E-state index contributed by atoms with van der Waals surface area (Å²) in [5, 5.41) is 7.86. The minimum Gasteiger partial charge on any atom is -0.369 e. The predicted octanol–water partition coefficient (Wildman–Crippen LogP) is 1.74. The first-order valence-electron chi connectivity index (χ1n) is 3.83. The van der Waals surface area contributed by atoms with Gasteiger partial charge >= 0.3 is 0 Å². The Morgan fingerprint density at radius 3 is 2.50 bits per heavy atom. The lowest BCUT2D eigenvalue weighted by Crippen LogP contribution is -2.09. The highest BCUT2D eigenvalue weighted by atomic mass is 16.6. The van der Waals surface area contributed by atoms with Crippen LogP contribution in [0, 0.1) is 0 Å². The van der Waals surface area contributed by atoms with Crippen LogP contribution >= 0.6 is 0 Å². The fraction of sp³-hybridized carbons (Fsp3) is 1.00. The molecule has 0 amide bonds. The molecule has 2 rings (SSSR count). The molecule has 2 unspecified atom stereocenters. The SMILES string of the molecule is CCC1OC1CC1(C)N=N1. The lowest BCUT2D eigenvalue weighted by molar-refractivity contribution is 0.346. The van der Waals surface area contributed by atoms with Crippen molar-refractivity contribution in [2.24, 2.45) is 10.2 Å². The van der Waals surface area contributed by atoms with E-state index in [0.29, 0.717) is 12.2 Å². The molecular formula is C7H12N2O.